The molecular weight excluding hydrogens is 491 g/mol. The second-order valence-electron chi connectivity index (χ2n) is 9.23. The number of ether oxygens (including phenoxy) is 1. The molecule has 1 saturated heterocycles. The highest BCUT2D eigenvalue weighted by Crippen LogP contribution is 2.38. The van der Waals surface area contributed by atoms with Gasteiger partial charge >= 0.3 is 0 Å². The van der Waals surface area contributed by atoms with Crippen LogP contribution in [0.15, 0.2) is 41.7 Å². The van der Waals surface area contributed by atoms with Crippen molar-refractivity contribution in [2.24, 2.45) is 0 Å². The smallest absolute Gasteiger partial charge is 0.255 e. The lowest BCUT2D eigenvalue weighted by molar-refractivity contribution is -0.00611. The molecule has 0 bridgehead atoms. The third-order valence-corrected chi connectivity index (χ3v) is 7.93. The Morgan fingerprint density at radius 1 is 1.23 bits per heavy atom. The van der Waals surface area contributed by atoms with Crippen molar-refractivity contribution in [3.63, 3.8) is 0 Å². The summed E-state index contributed by atoms with van der Waals surface area (Å²) in [5, 5.41) is 1.08. The lowest BCUT2D eigenvalue weighted by Gasteiger charge is -2.36. The van der Waals surface area contributed by atoms with Gasteiger partial charge in [-0.1, -0.05) is 28.7 Å². The summed E-state index contributed by atoms with van der Waals surface area (Å²) in [4.78, 5) is 16.1. The van der Waals surface area contributed by atoms with Gasteiger partial charge in [-0.2, -0.15) is 0 Å². The van der Waals surface area contributed by atoms with Crippen LogP contribution < -0.4 is 10.9 Å². The predicted molar refractivity (Wildman–Crippen MR) is 125 cm³/mol. The molecule has 2 N–H and O–H groups in total. The average molecular weight is 518 g/mol. The van der Waals surface area contributed by atoms with Crippen LogP contribution in [0.4, 0.5) is 0 Å². The zero-order valence-corrected chi connectivity index (χ0v) is 19.2. The van der Waals surface area contributed by atoms with Gasteiger partial charge in [-0.25, -0.2) is 5.43 Å². The van der Waals surface area contributed by atoms with Gasteiger partial charge in [-0.3, -0.25) is 4.79 Å². The molecule has 4 aliphatic rings. The van der Waals surface area contributed by atoms with Gasteiger partial charge in [-0.05, 0) is 55.9 Å². The SMILES string of the molecule is O=C(c1cccc2c1ccn2CC1(I)COC1)N(C1CC1)C1CCC2=C(CNN2)C1. The second kappa shape index (κ2) is 7.24. The summed E-state index contributed by atoms with van der Waals surface area (Å²) in [6.45, 7) is 3.41. The molecule has 2 aliphatic heterocycles. The summed E-state index contributed by atoms with van der Waals surface area (Å²) in [5.74, 6) is 0.213. The van der Waals surface area contributed by atoms with Crippen LogP contribution in [-0.4, -0.2) is 50.6 Å². The number of rotatable bonds is 5. The highest BCUT2D eigenvalue weighted by atomic mass is 127. The van der Waals surface area contributed by atoms with Gasteiger partial charge in [0.25, 0.3) is 5.91 Å². The normalized spacial score (nSPS) is 25.0. The van der Waals surface area contributed by atoms with Crippen LogP contribution in [0, 0.1) is 0 Å². The van der Waals surface area contributed by atoms with E-state index in [1.54, 1.807) is 0 Å². The maximum absolute atomic E-state index is 13.8. The van der Waals surface area contributed by atoms with Crippen LogP contribution in [-0.2, 0) is 11.3 Å². The van der Waals surface area contributed by atoms with Gasteiger partial charge in [0.15, 0.2) is 0 Å². The van der Waals surface area contributed by atoms with Crippen LogP contribution in [0.1, 0.15) is 42.5 Å². The zero-order chi connectivity index (χ0) is 20.3. The summed E-state index contributed by atoms with van der Waals surface area (Å²) < 4.78 is 7.88. The molecule has 0 spiro atoms. The molecule has 3 heterocycles. The molecule has 158 valence electrons. The van der Waals surface area contributed by atoms with Crippen molar-refractivity contribution < 1.29 is 9.53 Å². The first-order valence-electron chi connectivity index (χ1n) is 11.0. The minimum Gasteiger partial charge on any atom is -0.378 e. The molecule has 1 aromatic carbocycles. The van der Waals surface area contributed by atoms with E-state index < -0.39 is 0 Å². The Morgan fingerprint density at radius 3 is 2.87 bits per heavy atom. The van der Waals surface area contributed by atoms with E-state index in [0.29, 0.717) is 12.1 Å². The lowest BCUT2D eigenvalue weighted by atomic mass is 9.91. The number of carbonyl (C=O) groups is 1. The topological polar surface area (TPSA) is 58.5 Å². The standard InChI is InChI=1S/C23H27IN4O2/c24-23(13-30-14-23)12-27-9-8-18-19(2-1-3-21(18)27)22(29)28(16-4-5-16)17-6-7-20-15(10-17)11-25-26-20/h1-3,8-9,16-17,25-26H,4-7,10-14H2. The molecule has 1 atom stereocenters. The van der Waals surface area contributed by atoms with Crippen molar-refractivity contribution >= 4 is 39.4 Å². The van der Waals surface area contributed by atoms with Gasteiger partial charge in [0, 0.05) is 53.5 Å². The van der Waals surface area contributed by atoms with Gasteiger partial charge in [0.05, 0.1) is 16.6 Å². The first kappa shape index (κ1) is 19.1. The van der Waals surface area contributed by atoms with Crippen molar-refractivity contribution in [2.75, 3.05) is 19.8 Å². The number of nitrogens with one attached hydrogen (secondary N) is 2. The lowest BCUT2D eigenvalue weighted by Crippen LogP contribution is -2.46. The molecule has 2 fully saturated rings. The van der Waals surface area contributed by atoms with E-state index in [1.165, 1.54) is 11.3 Å². The van der Waals surface area contributed by atoms with Crippen molar-refractivity contribution in [3.8, 4) is 0 Å². The molecule has 6 nitrogen and oxygen atoms in total. The summed E-state index contributed by atoms with van der Waals surface area (Å²) in [6, 6.07) is 9.05. The second-order valence-corrected chi connectivity index (χ2v) is 11.5. The Bertz CT molecular complexity index is 1040. The van der Waals surface area contributed by atoms with Crippen LogP contribution in [0.2, 0.25) is 0 Å². The summed E-state index contributed by atoms with van der Waals surface area (Å²) in [6.07, 6.45) is 7.48. The number of amides is 1. The van der Waals surface area contributed by atoms with E-state index in [-0.39, 0.29) is 9.33 Å². The fourth-order valence-electron chi connectivity index (χ4n) is 5.21. The Hall–Kier alpha value is -1.58. The average Bonchev–Trinajstić information content (AvgIpc) is 3.30. The van der Waals surface area contributed by atoms with Gasteiger partial charge in [0.1, 0.15) is 0 Å². The fraction of sp³-hybridized carbons (Fsp3) is 0.522. The van der Waals surface area contributed by atoms with E-state index in [4.69, 9.17) is 4.74 Å². The minimum absolute atomic E-state index is 0.167. The number of carbonyl (C=O) groups excluding carboxylic acids is 1. The first-order valence-corrected chi connectivity index (χ1v) is 12.1. The predicted octanol–water partition coefficient (Wildman–Crippen LogP) is 3.36. The number of aromatic nitrogens is 1. The number of allylic oxidation sites excluding steroid dienone is 1. The van der Waals surface area contributed by atoms with Crippen molar-refractivity contribution in [1.29, 1.82) is 0 Å². The molecule has 30 heavy (non-hydrogen) atoms. The van der Waals surface area contributed by atoms with Crippen molar-refractivity contribution in [1.82, 2.24) is 20.3 Å². The molecule has 2 aliphatic carbocycles. The van der Waals surface area contributed by atoms with E-state index >= 15 is 0 Å². The molecule has 0 radical (unpaired) electrons. The number of fused-ring (bicyclic) bond motifs is 1. The monoisotopic (exact) mass is 518 g/mol. The number of hydrogen-bond donors (Lipinski definition) is 2. The minimum atomic E-state index is 0.167. The maximum atomic E-state index is 13.8. The molecule has 1 saturated carbocycles. The third kappa shape index (κ3) is 3.26. The third-order valence-electron chi connectivity index (χ3n) is 6.96. The molecule has 1 aromatic heterocycles. The first-order chi connectivity index (χ1) is 14.6. The Balaban J connectivity index is 1.31. The quantitative estimate of drug-likeness (QED) is 0.471. The van der Waals surface area contributed by atoms with Crippen molar-refractivity contribution in [3.05, 3.63) is 47.3 Å². The number of halogens is 1. The Labute approximate surface area is 190 Å². The summed E-state index contributed by atoms with van der Waals surface area (Å²) in [7, 11) is 0. The number of benzene rings is 1. The molecule has 2 aromatic rings. The van der Waals surface area contributed by atoms with E-state index in [0.717, 1.165) is 74.9 Å². The number of alkyl halides is 1. The number of nitrogens with zero attached hydrogens (tertiary/aromatic N) is 2. The molecule has 6 rings (SSSR count). The van der Waals surface area contributed by atoms with Crippen molar-refractivity contribution in [2.45, 2.75) is 54.2 Å². The molecule has 1 amide bonds. The highest BCUT2D eigenvalue weighted by Gasteiger charge is 2.40. The zero-order valence-electron chi connectivity index (χ0n) is 17.0. The highest BCUT2D eigenvalue weighted by molar-refractivity contribution is 14.1. The van der Waals surface area contributed by atoms with Gasteiger partial charge in [0.2, 0.25) is 0 Å². The molecule has 7 heteroatoms. The number of hydrogen-bond acceptors (Lipinski definition) is 4. The number of hydrazine groups is 1. The van der Waals surface area contributed by atoms with Crippen LogP contribution >= 0.6 is 22.6 Å². The fourth-order valence-corrected chi connectivity index (χ4v) is 6.02. The van der Waals surface area contributed by atoms with E-state index in [1.807, 2.05) is 12.1 Å². The molecular formula is C23H27IN4O2. The maximum Gasteiger partial charge on any atom is 0.255 e. The van der Waals surface area contributed by atoms with Crippen LogP contribution in [0.25, 0.3) is 10.9 Å². The van der Waals surface area contributed by atoms with E-state index in [9.17, 15) is 4.79 Å². The van der Waals surface area contributed by atoms with Gasteiger partial charge in [-0.15, -0.1) is 0 Å². The van der Waals surface area contributed by atoms with Crippen LogP contribution in [0.3, 0.4) is 0 Å². The van der Waals surface area contributed by atoms with Crippen LogP contribution in [0.5, 0.6) is 0 Å². The largest absolute Gasteiger partial charge is 0.378 e. The summed E-state index contributed by atoms with van der Waals surface area (Å²) >= 11 is 2.52. The van der Waals surface area contributed by atoms with Gasteiger partial charge < -0.3 is 19.6 Å². The Morgan fingerprint density at radius 2 is 2.10 bits per heavy atom. The van der Waals surface area contributed by atoms with E-state index in [2.05, 4.69) is 61.2 Å². The molecule has 1 unspecified atom stereocenters. The summed E-state index contributed by atoms with van der Waals surface area (Å²) in [5.41, 5.74) is 11.3. The Kier molecular flexibility index (Phi) is 4.62.